The first kappa shape index (κ1) is 13.6. The maximum absolute atomic E-state index is 12.2. The lowest BCUT2D eigenvalue weighted by atomic mass is 10.0. The molecule has 19 heavy (non-hydrogen) atoms. The number of aliphatic carboxylic acids is 1. The highest BCUT2D eigenvalue weighted by atomic mass is 16.4. The number of hydrogen-bond donors (Lipinski definition) is 1. The van der Waals surface area contributed by atoms with E-state index in [4.69, 9.17) is 5.11 Å². The molecule has 0 aliphatic carbocycles. The van der Waals surface area contributed by atoms with E-state index in [9.17, 15) is 9.59 Å². The maximum atomic E-state index is 12.2. The third kappa shape index (κ3) is 3.13. The van der Waals surface area contributed by atoms with Crippen LogP contribution in [0.15, 0.2) is 18.2 Å². The average molecular weight is 261 g/mol. The van der Waals surface area contributed by atoms with Gasteiger partial charge in [-0.25, -0.2) is 0 Å². The van der Waals surface area contributed by atoms with E-state index in [0.29, 0.717) is 25.9 Å². The largest absolute Gasteiger partial charge is 0.481 e. The summed E-state index contributed by atoms with van der Waals surface area (Å²) >= 11 is 0. The molecule has 1 aliphatic heterocycles. The van der Waals surface area contributed by atoms with Gasteiger partial charge in [0.05, 0.1) is 12.3 Å². The van der Waals surface area contributed by atoms with Gasteiger partial charge in [0.15, 0.2) is 0 Å². The third-order valence-electron chi connectivity index (χ3n) is 3.74. The number of amides is 1. The van der Waals surface area contributed by atoms with E-state index in [1.165, 1.54) is 0 Å². The minimum atomic E-state index is -0.804. The van der Waals surface area contributed by atoms with E-state index >= 15 is 0 Å². The summed E-state index contributed by atoms with van der Waals surface area (Å²) in [5.41, 5.74) is 3.27. The van der Waals surface area contributed by atoms with Crippen LogP contribution in [-0.2, 0) is 16.0 Å². The summed E-state index contributed by atoms with van der Waals surface area (Å²) in [4.78, 5) is 24.7. The Morgan fingerprint density at radius 1 is 1.37 bits per heavy atom. The van der Waals surface area contributed by atoms with Crippen LogP contribution < -0.4 is 0 Å². The second kappa shape index (κ2) is 5.43. The molecule has 102 valence electrons. The molecule has 1 aliphatic rings. The van der Waals surface area contributed by atoms with Crippen molar-refractivity contribution in [3.8, 4) is 0 Å². The second-order valence-electron chi connectivity index (χ2n) is 5.27. The molecule has 1 aromatic carbocycles. The zero-order valence-electron chi connectivity index (χ0n) is 11.3. The summed E-state index contributed by atoms with van der Waals surface area (Å²) in [6.45, 7) is 4.90. The van der Waals surface area contributed by atoms with E-state index in [-0.39, 0.29) is 5.91 Å². The maximum Gasteiger partial charge on any atom is 0.308 e. The van der Waals surface area contributed by atoms with Crippen molar-refractivity contribution in [3.05, 3.63) is 34.9 Å². The molecule has 0 saturated carbocycles. The summed E-state index contributed by atoms with van der Waals surface area (Å²) < 4.78 is 0. The number of benzene rings is 1. The van der Waals surface area contributed by atoms with Crippen LogP contribution in [0.3, 0.4) is 0 Å². The van der Waals surface area contributed by atoms with Crippen molar-refractivity contribution in [2.75, 3.05) is 13.1 Å². The van der Waals surface area contributed by atoms with Crippen molar-refractivity contribution in [3.63, 3.8) is 0 Å². The summed E-state index contributed by atoms with van der Waals surface area (Å²) in [5, 5.41) is 8.95. The number of carboxylic acids is 1. The Morgan fingerprint density at radius 3 is 2.74 bits per heavy atom. The lowest BCUT2D eigenvalue weighted by molar-refractivity contribution is -0.141. The molecular formula is C15H19NO3. The standard InChI is InChI=1S/C15H19NO3/c1-10-3-4-11(2)13(7-10)8-14(17)16-6-5-12(9-16)15(18)19/h3-4,7,12H,5-6,8-9H2,1-2H3,(H,18,19). The van der Waals surface area contributed by atoms with Crippen molar-refractivity contribution >= 4 is 11.9 Å². The number of hydrogen-bond acceptors (Lipinski definition) is 2. The van der Waals surface area contributed by atoms with Gasteiger partial charge in [0.2, 0.25) is 5.91 Å². The molecule has 0 spiro atoms. The lowest BCUT2D eigenvalue weighted by Gasteiger charge is -2.16. The Kier molecular flexibility index (Phi) is 3.88. The molecule has 0 aromatic heterocycles. The van der Waals surface area contributed by atoms with Gasteiger partial charge in [-0.1, -0.05) is 23.8 Å². The normalized spacial score (nSPS) is 18.6. The zero-order valence-corrected chi connectivity index (χ0v) is 11.3. The number of likely N-dealkylation sites (tertiary alicyclic amines) is 1. The van der Waals surface area contributed by atoms with Gasteiger partial charge in [0, 0.05) is 13.1 Å². The van der Waals surface area contributed by atoms with Gasteiger partial charge < -0.3 is 10.0 Å². The van der Waals surface area contributed by atoms with Gasteiger partial charge in [-0.3, -0.25) is 9.59 Å². The molecule has 0 bridgehead atoms. The first-order valence-corrected chi connectivity index (χ1v) is 6.54. The van der Waals surface area contributed by atoms with Crippen LogP contribution in [0.2, 0.25) is 0 Å². The summed E-state index contributed by atoms with van der Waals surface area (Å²) in [5.74, 6) is -1.18. The lowest BCUT2D eigenvalue weighted by Crippen LogP contribution is -2.31. The Balaban J connectivity index is 2.02. The van der Waals surface area contributed by atoms with Crippen LogP contribution in [0.4, 0.5) is 0 Å². The number of carboxylic acid groups (broad SMARTS) is 1. The van der Waals surface area contributed by atoms with Crippen molar-refractivity contribution in [1.29, 1.82) is 0 Å². The highest BCUT2D eigenvalue weighted by Crippen LogP contribution is 2.19. The molecule has 1 saturated heterocycles. The average Bonchev–Trinajstić information content (AvgIpc) is 2.83. The van der Waals surface area contributed by atoms with Crippen LogP contribution >= 0.6 is 0 Å². The van der Waals surface area contributed by atoms with Gasteiger partial charge in [0.25, 0.3) is 0 Å². The quantitative estimate of drug-likeness (QED) is 0.902. The first-order chi connectivity index (χ1) is 8.97. The SMILES string of the molecule is Cc1ccc(C)c(CC(=O)N2CCC(C(=O)O)C2)c1. The van der Waals surface area contributed by atoms with Gasteiger partial charge in [-0.2, -0.15) is 0 Å². The molecule has 1 amide bonds. The molecule has 0 radical (unpaired) electrons. The number of nitrogens with zero attached hydrogens (tertiary/aromatic N) is 1. The minimum absolute atomic E-state index is 0.0254. The number of rotatable bonds is 3. The van der Waals surface area contributed by atoms with Gasteiger partial charge in [-0.05, 0) is 31.4 Å². The summed E-state index contributed by atoms with van der Waals surface area (Å²) in [6, 6.07) is 6.07. The summed E-state index contributed by atoms with van der Waals surface area (Å²) in [7, 11) is 0. The van der Waals surface area contributed by atoms with Crippen LogP contribution in [0, 0.1) is 19.8 Å². The summed E-state index contributed by atoms with van der Waals surface area (Å²) in [6.07, 6.45) is 0.924. The van der Waals surface area contributed by atoms with E-state index in [2.05, 4.69) is 0 Å². The molecule has 1 N–H and O–H groups in total. The number of carbonyl (C=O) groups excluding carboxylic acids is 1. The van der Waals surface area contributed by atoms with Gasteiger partial charge in [0.1, 0.15) is 0 Å². The van der Waals surface area contributed by atoms with Crippen molar-refractivity contribution in [2.24, 2.45) is 5.92 Å². The molecule has 4 nitrogen and oxygen atoms in total. The van der Waals surface area contributed by atoms with Crippen molar-refractivity contribution < 1.29 is 14.7 Å². The fraction of sp³-hybridized carbons (Fsp3) is 0.467. The Bertz CT molecular complexity index is 510. The molecule has 1 unspecified atom stereocenters. The van der Waals surface area contributed by atoms with Gasteiger partial charge >= 0.3 is 5.97 Å². The molecule has 4 heteroatoms. The molecule has 1 aromatic rings. The Hall–Kier alpha value is -1.84. The van der Waals surface area contributed by atoms with Crippen molar-refractivity contribution in [2.45, 2.75) is 26.7 Å². The van der Waals surface area contributed by atoms with Crippen LogP contribution in [0.25, 0.3) is 0 Å². The smallest absolute Gasteiger partial charge is 0.308 e. The molecular weight excluding hydrogens is 242 g/mol. The fourth-order valence-electron chi connectivity index (χ4n) is 2.45. The minimum Gasteiger partial charge on any atom is -0.481 e. The predicted molar refractivity (Wildman–Crippen MR) is 71.9 cm³/mol. The third-order valence-corrected chi connectivity index (χ3v) is 3.74. The topological polar surface area (TPSA) is 57.6 Å². The monoisotopic (exact) mass is 261 g/mol. The number of aryl methyl sites for hydroxylation is 2. The zero-order chi connectivity index (χ0) is 14.0. The first-order valence-electron chi connectivity index (χ1n) is 6.54. The fourth-order valence-corrected chi connectivity index (χ4v) is 2.45. The Labute approximate surface area is 113 Å². The number of carbonyl (C=O) groups is 2. The molecule has 1 atom stereocenters. The molecule has 2 rings (SSSR count). The Morgan fingerprint density at radius 2 is 2.11 bits per heavy atom. The van der Waals surface area contributed by atoms with E-state index in [1.807, 2.05) is 32.0 Å². The highest BCUT2D eigenvalue weighted by molar-refractivity contribution is 5.81. The molecule has 1 fully saturated rings. The van der Waals surface area contributed by atoms with Crippen molar-refractivity contribution in [1.82, 2.24) is 4.90 Å². The van der Waals surface area contributed by atoms with Gasteiger partial charge in [-0.15, -0.1) is 0 Å². The second-order valence-corrected chi connectivity index (χ2v) is 5.27. The van der Waals surface area contributed by atoms with Crippen LogP contribution in [0.5, 0.6) is 0 Å². The van der Waals surface area contributed by atoms with Crippen LogP contribution in [-0.4, -0.2) is 35.0 Å². The predicted octanol–water partition coefficient (Wildman–Crippen LogP) is 1.78. The van der Waals surface area contributed by atoms with E-state index in [1.54, 1.807) is 4.90 Å². The van der Waals surface area contributed by atoms with Crippen LogP contribution in [0.1, 0.15) is 23.1 Å². The van der Waals surface area contributed by atoms with E-state index < -0.39 is 11.9 Å². The molecule has 1 heterocycles. The van der Waals surface area contributed by atoms with E-state index in [0.717, 1.165) is 16.7 Å². The highest BCUT2D eigenvalue weighted by Gasteiger charge is 2.30.